The van der Waals surface area contributed by atoms with E-state index >= 15 is 0 Å². The maximum absolute atomic E-state index is 14.2. The fraction of sp³-hybridized carbons (Fsp3) is 0.556. The molecule has 1 amide bonds. The second-order valence-electron chi connectivity index (χ2n) is 11.4. The Kier molecular flexibility index (Phi) is 9.02. The molecule has 0 aliphatic carbocycles. The van der Waals surface area contributed by atoms with Crippen molar-refractivity contribution in [3.05, 3.63) is 41.6 Å². The van der Waals surface area contributed by atoms with Gasteiger partial charge >= 0.3 is 12.4 Å². The molecule has 1 unspecified atom stereocenters. The molecule has 250 valence electrons. The molecule has 4 rings (SSSR count). The molecule has 2 atom stereocenters. The van der Waals surface area contributed by atoms with Gasteiger partial charge in [0.2, 0.25) is 5.91 Å². The number of carbonyl (C=O) groups is 1. The van der Waals surface area contributed by atoms with Gasteiger partial charge in [-0.2, -0.15) is 26.3 Å². The van der Waals surface area contributed by atoms with Gasteiger partial charge in [0.1, 0.15) is 17.7 Å². The number of hydrogen-bond acceptors (Lipinski definition) is 8. The Morgan fingerprint density at radius 1 is 1.13 bits per heavy atom. The number of likely N-dealkylation sites (N-methyl/N-ethyl adjacent to an activating group) is 1. The zero-order valence-corrected chi connectivity index (χ0v) is 25.0. The summed E-state index contributed by atoms with van der Waals surface area (Å²) in [5, 5.41) is 22.0. The number of carbonyl (C=O) groups excluding carboxylic acids is 1. The lowest BCUT2D eigenvalue weighted by Crippen LogP contribution is -2.54. The number of aliphatic hydroxyl groups is 2. The molecule has 2 aliphatic heterocycles. The minimum absolute atomic E-state index is 0.104. The summed E-state index contributed by atoms with van der Waals surface area (Å²) in [5.41, 5.74) is -9.21. The van der Waals surface area contributed by atoms with Gasteiger partial charge < -0.3 is 25.2 Å². The summed E-state index contributed by atoms with van der Waals surface area (Å²) in [6, 6.07) is 1.41. The first kappa shape index (κ1) is 34.5. The highest BCUT2D eigenvalue weighted by Gasteiger charge is 2.71. The van der Waals surface area contributed by atoms with Crippen molar-refractivity contribution in [2.75, 3.05) is 35.9 Å². The fourth-order valence-electron chi connectivity index (χ4n) is 5.07. The van der Waals surface area contributed by atoms with E-state index in [2.05, 4.69) is 10.3 Å². The largest absolute Gasteiger partial charge is 0.488 e. The second-order valence-corrected chi connectivity index (χ2v) is 13.2. The average Bonchev–Trinajstić information content (AvgIpc) is 2.93. The number of nitrogens with one attached hydrogen (secondary N) is 1. The van der Waals surface area contributed by atoms with Crippen molar-refractivity contribution in [2.45, 2.75) is 73.8 Å². The standard InChI is InChI=1S/C27H31F7N4O6S/c1-24(2,40)21(28)14-35-22(39)11-17-6-4-15-10-16(25(41,26(29,30)31)27(32,33)34)5-7-19(15)38(17)45(42,43)18-12-20-23(36-13-18)37(3)8-9-44-20/h5,7,10,12-13,17,21,40-41H,4,6,8-9,11,14H2,1-3H3,(H,35,39)/t17?,21-/m1/s1. The van der Waals surface area contributed by atoms with Crippen LogP contribution in [0.1, 0.15) is 37.8 Å². The first-order valence-corrected chi connectivity index (χ1v) is 15.0. The summed E-state index contributed by atoms with van der Waals surface area (Å²) in [4.78, 5) is 18.2. The van der Waals surface area contributed by atoms with Crippen molar-refractivity contribution in [1.29, 1.82) is 0 Å². The Bertz CT molecular complexity index is 1530. The molecule has 45 heavy (non-hydrogen) atoms. The molecule has 1 aromatic heterocycles. The molecule has 3 heterocycles. The number of nitrogens with zero attached hydrogens (tertiary/aromatic N) is 3. The van der Waals surface area contributed by atoms with Gasteiger partial charge in [-0.25, -0.2) is 17.8 Å². The summed E-state index contributed by atoms with van der Waals surface area (Å²) in [7, 11) is -3.02. The highest BCUT2D eigenvalue weighted by Crippen LogP contribution is 2.51. The first-order valence-electron chi connectivity index (χ1n) is 13.6. The summed E-state index contributed by atoms with van der Waals surface area (Å²) < 4.78 is 130. The van der Waals surface area contributed by atoms with E-state index in [1.165, 1.54) is 13.8 Å². The summed E-state index contributed by atoms with van der Waals surface area (Å²) in [6.45, 7) is 2.40. The zero-order valence-electron chi connectivity index (χ0n) is 24.2. The van der Waals surface area contributed by atoms with Crippen molar-refractivity contribution >= 4 is 27.4 Å². The van der Waals surface area contributed by atoms with Gasteiger partial charge in [-0.05, 0) is 38.3 Å². The zero-order chi connectivity index (χ0) is 33.8. The van der Waals surface area contributed by atoms with Gasteiger partial charge in [0, 0.05) is 25.1 Å². The molecule has 2 aromatic rings. The maximum Gasteiger partial charge on any atom is 0.430 e. The van der Waals surface area contributed by atoms with Crippen molar-refractivity contribution in [3.8, 4) is 5.75 Å². The van der Waals surface area contributed by atoms with Crippen molar-refractivity contribution in [2.24, 2.45) is 0 Å². The molecule has 2 aliphatic rings. The van der Waals surface area contributed by atoms with E-state index in [0.717, 1.165) is 12.3 Å². The van der Waals surface area contributed by atoms with Crippen LogP contribution in [0.2, 0.25) is 0 Å². The average molecular weight is 673 g/mol. The predicted octanol–water partition coefficient (Wildman–Crippen LogP) is 3.35. The number of alkyl halides is 7. The van der Waals surface area contributed by atoms with E-state index < -0.39 is 75.1 Å². The predicted molar refractivity (Wildman–Crippen MR) is 146 cm³/mol. The van der Waals surface area contributed by atoms with Crippen LogP contribution < -0.4 is 19.3 Å². The van der Waals surface area contributed by atoms with E-state index in [9.17, 15) is 54.2 Å². The number of pyridine rings is 1. The molecule has 0 radical (unpaired) electrons. The first-order chi connectivity index (χ1) is 20.6. The van der Waals surface area contributed by atoms with Crippen LogP contribution in [0.25, 0.3) is 0 Å². The van der Waals surface area contributed by atoms with E-state index in [1.54, 1.807) is 11.9 Å². The van der Waals surface area contributed by atoms with E-state index in [4.69, 9.17) is 4.74 Å². The molecule has 0 fully saturated rings. The number of aryl methyl sites for hydroxylation is 1. The third-order valence-electron chi connectivity index (χ3n) is 7.71. The van der Waals surface area contributed by atoms with Crippen LogP contribution >= 0.6 is 0 Å². The van der Waals surface area contributed by atoms with E-state index in [0.29, 0.717) is 34.9 Å². The van der Waals surface area contributed by atoms with Crippen molar-refractivity contribution in [1.82, 2.24) is 10.3 Å². The maximum atomic E-state index is 14.2. The summed E-state index contributed by atoms with van der Waals surface area (Å²) in [6.07, 6.45) is -14.3. The lowest BCUT2D eigenvalue weighted by Gasteiger charge is -2.39. The normalized spacial score (nSPS) is 18.5. The van der Waals surface area contributed by atoms with Crippen LogP contribution in [0.15, 0.2) is 35.4 Å². The smallest absolute Gasteiger partial charge is 0.430 e. The van der Waals surface area contributed by atoms with Gasteiger partial charge in [0.15, 0.2) is 11.6 Å². The van der Waals surface area contributed by atoms with Crippen LogP contribution in [0.3, 0.4) is 0 Å². The molecule has 0 saturated heterocycles. The summed E-state index contributed by atoms with van der Waals surface area (Å²) in [5.74, 6) is -0.400. The monoisotopic (exact) mass is 672 g/mol. The van der Waals surface area contributed by atoms with E-state index in [-0.39, 0.29) is 36.4 Å². The molecule has 3 N–H and O–H groups in total. The Balaban J connectivity index is 1.78. The lowest BCUT2D eigenvalue weighted by molar-refractivity contribution is -0.376. The van der Waals surface area contributed by atoms with Crippen molar-refractivity contribution in [3.63, 3.8) is 0 Å². The third kappa shape index (κ3) is 6.49. The fourth-order valence-corrected chi connectivity index (χ4v) is 6.74. The Morgan fingerprint density at radius 3 is 2.38 bits per heavy atom. The number of anilines is 2. The van der Waals surface area contributed by atoms with Crippen LogP contribution in [-0.2, 0) is 26.8 Å². The molecule has 0 spiro atoms. The van der Waals surface area contributed by atoms with Crippen LogP contribution in [-0.4, -0.2) is 86.4 Å². The number of rotatable bonds is 8. The Hall–Kier alpha value is -3.38. The lowest BCUT2D eigenvalue weighted by atomic mass is 9.87. The second kappa shape index (κ2) is 11.8. The van der Waals surface area contributed by atoms with E-state index in [1.807, 2.05) is 0 Å². The van der Waals surface area contributed by atoms with Gasteiger partial charge in [-0.15, -0.1) is 0 Å². The number of aromatic nitrogens is 1. The Morgan fingerprint density at radius 2 is 1.78 bits per heavy atom. The number of sulfonamides is 1. The minimum atomic E-state index is -6.17. The van der Waals surface area contributed by atoms with Crippen LogP contribution in [0, 0.1) is 0 Å². The van der Waals surface area contributed by atoms with Crippen LogP contribution in [0.4, 0.5) is 42.2 Å². The number of fused-ring (bicyclic) bond motifs is 2. The number of benzene rings is 1. The molecule has 10 nitrogen and oxygen atoms in total. The minimum Gasteiger partial charge on any atom is -0.488 e. The molecular formula is C27H31F7N4O6S. The molecular weight excluding hydrogens is 641 g/mol. The highest BCUT2D eigenvalue weighted by molar-refractivity contribution is 7.92. The number of hydrogen-bond donors (Lipinski definition) is 3. The number of amides is 1. The topological polar surface area (TPSA) is 132 Å². The highest BCUT2D eigenvalue weighted by atomic mass is 32.2. The Labute approximate surface area is 253 Å². The molecule has 1 aromatic carbocycles. The van der Waals surface area contributed by atoms with Gasteiger partial charge in [0.05, 0.1) is 36.6 Å². The van der Waals surface area contributed by atoms with Crippen molar-refractivity contribution < 1.29 is 58.9 Å². The van der Waals surface area contributed by atoms with Gasteiger partial charge in [-0.3, -0.25) is 9.10 Å². The molecule has 0 saturated carbocycles. The van der Waals surface area contributed by atoms with Crippen LogP contribution in [0.5, 0.6) is 5.75 Å². The third-order valence-corrected chi connectivity index (χ3v) is 9.54. The molecule has 0 bridgehead atoms. The molecule has 18 heteroatoms. The van der Waals surface area contributed by atoms with Gasteiger partial charge in [-0.1, -0.05) is 12.1 Å². The summed E-state index contributed by atoms with van der Waals surface area (Å²) >= 11 is 0. The SMILES string of the molecule is CN1CCOc2cc(S(=O)(=O)N3c4ccc(C(O)(C(F)(F)F)C(F)(F)F)cc4CCC3CC(=O)NC[C@@H](F)C(C)(C)O)cnc21. The number of ether oxygens (including phenoxy) is 1. The van der Waals surface area contributed by atoms with Gasteiger partial charge in [0.25, 0.3) is 15.6 Å². The quantitative estimate of drug-likeness (QED) is 0.364. The number of halogens is 7.